The van der Waals surface area contributed by atoms with Gasteiger partial charge in [-0.2, -0.15) is 0 Å². The van der Waals surface area contributed by atoms with Gasteiger partial charge in [-0.1, -0.05) is 42.3 Å². The molecule has 2 rings (SSSR count). The molecule has 0 aromatic heterocycles. The van der Waals surface area contributed by atoms with Gasteiger partial charge in [0.05, 0.1) is 17.0 Å². The lowest BCUT2D eigenvalue weighted by Gasteiger charge is -2.32. The predicted octanol–water partition coefficient (Wildman–Crippen LogP) is 4.23. The predicted molar refractivity (Wildman–Crippen MR) is 133 cm³/mol. The molecule has 2 aromatic carbocycles. The van der Waals surface area contributed by atoms with Gasteiger partial charge in [-0.3, -0.25) is 13.9 Å². The standard InChI is InChI=1S/C23H28Cl2FN3O4S/c1-5-15(2)27-23(31)16(3)28(13-17-7-6-8-18(24)11-17)22(30)14-29(34(4,32)33)19-9-10-21(26)20(25)12-19/h6-12,15-16H,5,13-14H2,1-4H3,(H,27,31)/t15-,16-/m0/s1. The second-order valence-electron chi connectivity index (χ2n) is 8.01. The van der Waals surface area contributed by atoms with Crippen molar-refractivity contribution in [3.8, 4) is 0 Å². The zero-order valence-corrected chi connectivity index (χ0v) is 21.7. The fourth-order valence-electron chi connectivity index (χ4n) is 3.13. The topological polar surface area (TPSA) is 86.8 Å². The molecule has 186 valence electrons. The molecule has 0 saturated carbocycles. The van der Waals surface area contributed by atoms with Gasteiger partial charge < -0.3 is 10.2 Å². The van der Waals surface area contributed by atoms with Crippen LogP contribution in [0.15, 0.2) is 42.5 Å². The van der Waals surface area contributed by atoms with Crippen molar-refractivity contribution in [1.29, 1.82) is 0 Å². The van der Waals surface area contributed by atoms with E-state index in [0.29, 0.717) is 17.0 Å². The Hall–Kier alpha value is -2.36. The van der Waals surface area contributed by atoms with E-state index in [1.165, 1.54) is 11.0 Å². The molecule has 0 fully saturated rings. The number of nitrogens with one attached hydrogen (secondary N) is 1. The van der Waals surface area contributed by atoms with Crippen LogP contribution >= 0.6 is 23.2 Å². The third kappa shape index (κ3) is 7.58. The van der Waals surface area contributed by atoms with Crippen molar-refractivity contribution in [2.45, 2.75) is 45.8 Å². The number of rotatable bonds is 10. The van der Waals surface area contributed by atoms with E-state index in [1.807, 2.05) is 13.8 Å². The minimum absolute atomic E-state index is 0.0241. The Morgan fingerprint density at radius 1 is 1.12 bits per heavy atom. The summed E-state index contributed by atoms with van der Waals surface area (Å²) in [7, 11) is -3.94. The summed E-state index contributed by atoms with van der Waals surface area (Å²) in [6.45, 7) is 4.75. The molecule has 34 heavy (non-hydrogen) atoms. The highest BCUT2D eigenvalue weighted by Gasteiger charge is 2.30. The lowest BCUT2D eigenvalue weighted by Crippen LogP contribution is -2.52. The molecule has 2 aromatic rings. The number of hydrogen-bond acceptors (Lipinski definition) is 4. The van der Waals surface area contributed by atoms with Crippen molar-refractivity contribution >= 4 is 50.7 Å². The van der Waals surface area contributed by atoms with Gasteiger partial charge in [0.25, 0.3) is 0 Å². The summed E-state index contributed by atoms with van der Waals surface area (Å²) in [5.41, 5.74) is 0.696. The second-order valence-corrected chi connectivity index (χ2v) is 10.8. The summed E-state index contributed by atoms with van der Waals surface area (Å²) in [4.78, 5) is 27.5. The van der Waals surface area contributed by atoms with Gasteiger partial charge in [0.2, 0.25) is 21.8 Å². The second kappa shape index (κ2) is 11.9. The van der Waals surface area contributed by atoms with E-state index in [2.05, 4.69) is 5.32 Å². The van der Waals surface area contributed by atoms with Crippen molar-refractivity contribution in [3.63, 3.8) is 0 Å². The van der Waals surface area contributed by atoms with Gasteiger partial charge in [-0.25, -0.2) is 12.8 Å². The molecule has 0 aliphatic heterocycles. The molecule has 2 amide bonds. The fourth-order valence-corrected chi connectivity index (χ4v) is 4.36. The monoisotopic (exact) mass is 531 g/mol. The first-order chi connectivity index (χ1) is 15.8. The van der Waals surface area contributed by atoms with Crippen LogP contribution in [0.5, 0.6) is 0 Å². The molecule has 0 radical (unpaired) electrons. The SMILES string of the molecule is CC[C@H](C)NC(=O)[C@H](C)N(Cc1cccc(Cl)c1)C(=O)CN(c1ccc(F)c(Cl)c1)S(C)(=O)=O. The molecule has 0 saturated heterocycles. The van der Waals surface area contributed by atoms with Crippen molar-refractivity contribution in [3.05, 3.63) is 63.9 Å². The Labute approximate surface area is 209 Å². The Bertz CT molecular complexity index is 1150. The molecular weight excluding hydrogens is 504 g/mol. The smallest absolute Gasteiger partial charge is 0.244 e. The molecule has 0 heterocycles. The van der Waals surface area contributed by atoms with Gasteiger partial charge in [-0.05, 0) is 56.2 Å². The first kappa shape index (κ1) is 27.9. The van der Waals surface area contributed by atoms with Crippen molar-refractivity contribution in [1.82, 2.24) is 10.2 Å². The van der Waals surface area contributed by atoms with E-state index in [1.54, 1.807) is 31.2 Å². The largest absolute Gasteiger partial charge is 0.352 e. The van der Waals surface area contributed by atoms with Gasteiger partial charge in [-0.15, -0.1) is 0 Å². The summed E-state index contributed by atoms with van der Waals surface area (Å²) in [6, 6.07) is 9.17. The molecule has 0 spiro atoms. The number of carbonyl (C=O) groups is 2. The molecule has 0 unspecified atom stereocenters. The van der Waals surface area contributed by atoms with Crippen LogP contribution in [0.3, 0.4) is 0 Å². The van der Waals surface area contributed by atoms with E-state index in [9.17, 15) is 22.4 Å². The van der Waals surface area contributed by atoms with E-state index in [-0.39, 0.29) is 29.2 Å². The maximum atomic E-state index is 13.6. The van der Waals surface area contributed by atoms with E-state index < -0.39 is 34.3 Å². The number of sulfonamides is 1. The van der Waals surface area contributed by atoms with Gasteiger partial charge in [0.15, 0.2) is 0 Å². The summed E-state index contributed by atoms with van der Waals surface area (Å²) in [6.07, 6.45) is 1.63. The molecule has 2 atom stereocenters. The lowest BCUT2D eigenvalue weighted by atomic mass is 10.1. The van der Waals surface area contributed by atoms with Crippen LogP contribution in [-0.2, 0) is 26.2 Å². The van der Waals surface area contributed by atoms with Gasteiger partial charge in [0, 0.05) is 17.6 Å². The quantitative estimate of drug-likeness (QED) is 0.496. The number of anilines is 1. The van der Waals surface area contributed by atoms with Crippen molar-refractivity contribution in [2.75, 3.05) is 17.1 Å². The van der Waals surface area contributed by atoms with E-state index in [0.717, 1.165) is 22.7 Å². The summed E-state index contributed by atoms with van der Waals surface area (Å²) < 4.78 is 39.4. The third-order valence-electron chi connectivity index (χ3n) is 5.28. The van der Waals surface area contributed by atoms with Crippen LogP contribution < -0.4 is 9.62 Å². The minimum Gasteiger partial charge on any atom is -0.352 e. The molecular formula is C23H28Cl2FN3O4S. The molecule has 11 heteroatoms. The van der Waals surface area contributed by atoms with Crippen LogP contribution in [0.4, 0.5) is 10.1 Å². The first-order valence-electron chi connectivity index (χ1n) is 10.6. The highest BCUT2D eigenvalue weighted by atomic mass is 35.5. The van der Waals surface area contributed by atoms with E-state index in [4.69, 9.17) is 23.2 Å². The fraction of sp³-hybridized carbons (Fsp3) is 0.391. The minimum atomic E-state index is -3.94. The lowest BCUT2D eigenvalue weighted by molar-refractivity contribution is -0.139. The first-order valence-corrected chi connectivity index (χ1v) is 13.2. The zero-order valence-electron chi connectivity index (χ0n) is 19.4. The number of benzene rings is 2. The van der Waals surface area contributed by atoms with Crippen LogP contribution in [-0.4, -0.2) is 50.0 Å². The number of hydrogen-bond donors (Lipinski definition) is 1. The van der Waals surface area contributed by atoms with Crippen LogP contribution in [0.2, 0.25) is 10.0 Å². The van der Waals surface area contributed by atoms with Gasteiger partial charge >= 0.3 is 0 Å². The average molecular weight is 532 g/mol. The highest BCUT2D eigenvalue weighted by molar-refractivity contribution is 7.92. The van der Waals surface area contributed by atoms with Gasteiger partial charge in [0.1, 0.15) is 18.4 Å². The third-order valence-corrected chi connectivity index (χ3v) is 6.95. The molecule has 0 bridgehead atoms. The van der Waals surface area contributed by atoms with Crippen molar-refractivity contribution in [2.24, 2.45) is 0 Å². The molecule has 1 N–H and O–H groups in total. The summed E-state index contributed by atoms with van der Waals surface area (Å²) in [5.74, 6) is -1.72. The summed E-state index contributed by atoms with van der Waals surface area (Å²) in [5, 5.41) is 3.02. The maximum absolute atomic E-state index is 13.6. The number of carbonyl (C=O) groups excluding carboxylic acids is 2. The normalized spacial score (nSPS) is 13.1. The number of amides is 2. The maximum Gasteiger partial charge on any atom is 0.244 e. The Morgan fingerprint density at radius 2 is 1.79 bits per heavy atom. The van der Waals surface area contributed by atoms with E-state index >= 15 is 0 Å². The zero-order chi connectivity index (χ0) is 25.6. The number of nitrogens with zero attached hydrogens (tertiary/aromatic N) is 2. The average Bonchev–Trinajstić information content (AvgIpc) is 2.76. The molecule has 0 aliphatic rings. The van der Waals surface area contributed by atoms with Crippen molar-refractivity contribution < 1.29 is 22.4 Å². The Kier molecular flexibility index (Phi) is 9.73. The van der Waals surface area contributed by atoms with Crippen LogP contribution in [0.1, 0.15) is 32.8 Å². The summed E-state index contributed by atoms with van der Waals surface area (Å²) >= 11 is 11.9. The number of halogens is 3. The Morgan fingerprint density at radius 3 is 2.35 bits per heavy atom. The van der Waals surface area contributed by atoms with Crippen LogP contribution in [0.25, 0.3) is 0 Å². The highest BCUT2D eigenvalue weighted by Crippen LogP contribution is 2.25. The molecule has 7 nitrogen and oxygen atoms in total. The Balaban J connectivity index is 2.41. The molecule has 0 aliphatic carbocycles. The van der Waals surface area contributed by atoms with Crippen LogP contribution in [0, 0.1) is 5.82 Å².